The molecule has 0 unspecified atom stereocenters. The van der Waals surface area contributed by atoms with Crippen LogP contribution in [0.25, 0.3) is 0 Å². The number of halogens is 2. The molecule has 2 aromatic rings. The van der Waals surface area contributed by atoms with Gasteiger partial charge in [0.1, 0.15) is 11.3 Å². The maximum atomic E-state index is 10.8. The standard InChI is InChI=1S/C13H9Cl2NO3S/c14-7-3-8(15)5-10(4-7)20-16-9-1-2-11(13(18)19)12(17)6-9/h1-6,16-17H,(H,18,19). The molecule has 7 heteroatoms. The van der Waals surface area contributed by atoms with Crippen LogP contribution >= 0.6 is 35.1 Å². The number of carbonyl (C=O) groups is 1. The second kappa shape index (κ2) is 6.26. The zero-order chi connectivity index (χ0) is 14.7. The van der Waals surface area contributed by atoms with E-state index in [1.165, 1.54) is 24.1 Å². The van der Waals surface area contributed by atoms with Gasteiger partial charge in [-0.1, -0.05) is 23.2 Å². The predicted molar refractivity (Wildman–Crippen MR) is 81.0 cm³/mol. The lowest BCUT2D eigenvalue weighted by molar-refractivity contribution is 0.0694. The Hall–Kier alpha value is -1.56. The first-order chi connectivity index (χ1) is 9.45. The molecule has 0 aromatic heterocycles. The van der Waals surface area contributed by atoms with Gasteiger partial charge in [-0.3, -0.25) is 0 Å². The molecular weight excluding hydrogens is 321 g/mol. The van der Waals surface area contributed by atoms with Gasteiger partial charge in [0, 0.05) is 26.7 Å². The summed E-state index contributed by atoms with van der Waals surface area (Å²) in [5, 5.41) is 19.4. The van der Waals surface area contributed by atoms with E-state index in [0.29, 0.717) is 15.7 Å². The maximum Gasteiger partial charge on any atom is 0.339 e. The van der Waals surface area contributed by atoms with E-state index in [2.05, 4.69) is 4.72 Å². The average Bonchev–Trinajstić information content (AvgIpc) is 2.35. The third-order valence-corrected chi connectivity index (χ3v) is 3.60. The van der Waals surface area contributed by atoms with Gasteiger partial charge < -0.3 is 14.9 Å². The molecule has 104 valence electrons. The van der Waals surface area contributed by atoms with Crippen LogP contribution in [0.2, 0.25) is 10.0 Å². The van der Waals surface area contributed by atoms with Crippen LogP contribution in [0, 0.1) is 0 Å². The smallest absolute Gasteiger partial charge is 0.339 e. The first kappa shape index (κ1) is 14.8. The molecule has 0 amide bonds. The van der Waals surface area contributed by atoms with Crippen LogP contribution in [0.5, 0.6) is 5.75 Å². The Kier molecular flexibility index (Phi) is 4.65. The number of anilines is 1. The summed E-state index contributed by atoms with van der Waals surface area (Å²) in [6, 6.07) is 9.31. The van der Waals surface area contributed by atoms with Crippen molar-refractivity contribution >= 4 is 46.8 Å². The van der Waals surface area contributed by atoms with Crippen molar-refractivity contribution in [2.24, 2.45) is 0 Å². The molecular formula is C13H9Cl2NO3S. The molecule has 4 nitrogen and oxygen atoms in total. The molecule has 2 rings (SSSR count). The van der Waals surface area contributed by atoms with Crippen molar-refractivity contribution in [2.75, 3.05) is 4.72 Å². The highest BCUT2D eigenvalue weighted by molar-refractivity contribution is 8.00. The molecule has 0 aliphatic rings. The molecule has 20 heavy (non-hydrogen) atoms. The highest BCUT2D eigenvalue weighted by atomic mass is 35.5. The van der Waals surface area contributed by atoms with Crippen molar-refractivity contribution < 1.29 is 15.0 Å². The summed E-state index contributed by atoms with van der Waals surface area (Å²) in [5.41, 5.74) is 0.417. The van der Waals surface area contributed by atoms with Crippen LogP contribution in [0.3, 0.4) is 0 Å². The fraction of sp³-hybridized carbons (Fsp3) is 0. The minimum absolute atomic E-state index is 0.147. The van der Waals surface area contributed by atoms with Crippen molar-refractivity contribution in [1.29, 1.82) is 0 Å². The summed E-state index contributed by atoms with van der Waals surface area (Å²) in [6.07, 6.45) is 0. The van der Waals surface area contributed by atoms with Crippen LogP contribution in [0.1, 0.15) is 10.4 Å². The van der Waals surface area contributed by atoms with Crippen LogP contribution in [-0.4, -0.2) is 16.2 Å². The second-order valence-corrected chi connectivity index (χ2v) is 5.60. The van der Waals surface area contributed by atoms with Crippen molar-refractivity contribution in [3.8, 4) is 5.75 Å². The van der Waals surface area contributed by atoms with Crippen LogP contribution in [-0.2, 0) is 0 Å². The Morgan fingerprint density at radius 3 is 2.30 bits per heavy atom. The summed E-state index contributed by atoms with van der Waals surface area (Å²) in [5.74, 6) is -1.48. The Morgan fingerprint density at radius 2 is 1.75 bits per heavy atom. The Bertz CT molecular complexity index is 644. The fourth-order valence-electron chi connectivity index (χ4n) is 1.48. The lowest BCUT2D eigenvalue weighted by Crippen LogP contribution is -1.97. The van der Waals surface area contributed by atoms with Crippen LogP contribution in [0.4, 0.5) is 5.69 Å². The number of benzene rings is 2. The molecule has 0 bridgehead atoms. The first-order valence-corrected chi connectivity index (χ1v) is 6.98. The van der Waals surface area contributed by atoms with Gasteiger partial charge in [0.2, 0.25) is 0 Å². The highest BCUT2D eigenvalue weighted by Crippen LogP contribution is 2.29. The maximum absolute atomic E-state index is 10.8. The zero-order valence-corrected chi connectivity index (χ0v) is 12.3. The van der Waals surface area contributed by atoms with Gasteiger partial charge in [0.25, 0.3) is 0 Å². The van der Waals surface area contributed by atoms with Crippen molar-refractivity contribution in [2.45, 2.75) is 4.90 Å². The molecule has 0 heterocycles. The number of hydrogen-bond acceptors (Lipinski definition) is 4. The molecule has 2 aromatic carbocycles. The number of phenols is 1. The van der Waals surface area contributed by atoms with Gasteiger partial charge in [-0.25, -0.2) is 4.79 Å². The van der Waals surface area contributed by atoms with E-state index >= 15 is 0 Å². The van der Waals surface area contributed by atoms with Gasteiger partial charge in [0.15, 0.2) is 0 Å². The lowest BCUT2D eigenvalue weighted by Gasteiger charge is -2.08. The van der Waals surface area contributed by atoms with Crippen molar-refractivity contribution in [3.63, 3.8) is 0 Å². The molecule has 0 atom stereocenters. The Labute approximate surface area is 129 Å². The van der Waals surface area contributed by atoms with Gasteiger partial charge in [0.05, 0.1) is 0 Å². The number of carboxylic acid groups (broad SMARTS) is 1. The second-order valence-electron chi connectivity index (χ2n) is 3.85. The topological polar surface area (TPSA) is 69.6 Å². The van der Waals surface area contributed by atoms with E-state index in [4.69, 9.17) is 28.3 Å². The summed E-state index contributed by atoms with van der Waals surface area (Å²) >= 11 is 13.0. The third kappa shape index (κ3) is 3.72. The van der Waals surface area contributed by atoms with Crippen LogP contribution in [0.15, 0.2) is 41.3 Å². The minimum Gasteiger partial charge on any atom is -0.507 e. The number of carboxylic acids is 1. The first-order valence-electron chi connectivity index (χ1n) is 5.41. The molecule has 0 spiro atoms. The van der Waals surface area contributed by atoms with E-state index in [0.717, 1.165) is 4.90 Å². The van der Waals surface area contributed by atoms with Gasteiger partial charge >= 0.3 is 5.97 Å². The van der Waals surface area contributed by atoms with E-state index in [1.807, 2.05) is 0 Å². The van der Waals surface area contributed by atoms with Crippen molar-refractivity contribution in [1.82, 2.24) is 0 Å². The van der Waals surface area contributed by atoms with E-state index in [1.54, 1.807) is 24.3 Å². The van der Waals surface area contributed by atoms with Gasteiger partial charge in [-0.15, -0.1) is 0 Å². The summed E-state index contributed by atoms with van der Waals surface area (Å²) in [6.45, 7) is 0. The normalized spacial score (nSPS) is 10.3. The number of aromatic hydroxyl groups is 1. The van der Waals surface area contributed by atoms with Gasteiger partial charge in [-0.05, 0) is 42.3 Å². The fourth-order valence-corrected chi connectivity index (χ4v) is 2.87. The quantitative estimate of drug-likeness (QED) is 0.719. The molecule has 3 N–H and O–H groups in total. The van der Waals surface area contributed by atoms with E-state index < -0.39 is 5.97 Å². The number of hydrogen-bond donors (Lipinski definition) is 3. The van der Waals surface area contributed by atoms with E-state index in [-0.39, 0.29) is 11.3 Å². The SMILES string of the molecule is O=C(O)c1ccc(NSc2cc(Cl)cc(Cl)c2)cc1O. The average molecular weight is 330 g/mol. The predicted octanol–water partition coefficient (Wildman–Crippen LogP) is 4.52. The Morgan fingerprint density at radius 1 is 1.10 bits per heavy atom. The number of rotatable bonds is 4. The molecule has 0 fully saturated rings. The Balaban J connectivity index is 2.11. The third-order valence-electron chi connectivity index (χ3n) is 2.35. The molecule has 0 radical (unpaired) electrons. The lowest BCUT2D eigenvalue weighted by atomic mass is 10.2. The highest BCUT2D eigenvalue weighted by Gasteiger charge is 2.09. The summed E-state index contributed by atoms with van der Waals surface area (Å²) in [4.78, 5) is 11.6. The molecule has 0 saturated heterocycles. The van der Waals surface area contributed by atoms with Crippen LogP contribution < -0.4 is 4.72 Å². The molecule has 0 aliphatic carbocycles. The number of nitrogens with one attached hydrogen (secondary N) is 1. The largest absolute Gasteiger partial charge is 0.507 e. The molecule has 0 aliphatic heterocycles. The molecule has 0 saturated carbocycles. The van der Waals surface area contributed by atoms with Crippen molar-refractivity contribution in [3.05, 3.63) is 52.0 Å². The summed E-state index contributed by atoms with van der Waals surface area (Å²) in [7, 11) is 0. The van der Waals surface area contributed by atoms with Gasteiger partial charge in [-0.2, -0.15) is 0 Å². The minimum atomic E-state index is -1.18. The number of aromatic carboxylic acids is 1. The monoisotopic (exact) mass is 329 g/mol. The van der Waals surface area contributed by atoms with E-state index in [9.17, 15) is 9.90 Å². The zero-order valence-electron chi connectivity index (χ0n) is 9.93. The summed E-state index contributed by atoms with van der Waals surface area (Å²) < 4.78 is 2.97.